The van der Waals surface area contributed by atoms with Gasteiger partial charge in [0.2, 0.25) is 0 Å². The van der Waals surface area contributed by atoms with Gasteiger partial charge in [0.15, 0.2) is 0 Å². The Bertz CT molecular complexity index is 792. The topological polar surface area (TPSA) is 85.1 Å². The average molecular weight is 352 g/mol. The van der Waals surface area contributed by atoms with Crippen molar-refractivity contribution in [1.82, 2.24) is 4.98 Å². The number of benzene rings is 1. The van der Waals surface area contributed by atoms with Crippen LogP contribution >= 0.6 is 11.6 Å². The van der Waals surface area contributed by atoms with Gasteiger partial charge in [0, 0.05) is 11.9 Å². The van der Waals surface area contributed by atoms with Crippen LogP contribution in [0.25, 0.3) is 0 Å². The lowest BCUT2D eigenvalue weighted by atomic mass is 10.2. The summed E-state index contributed by atoms with van der Waals surface area (Å²) in [7, 11) is -4.12. The van der Waals surface area contributed by atoms with Crippen molar-refractivity contribution in [3.63, 3.8) is 0 Å². The highest BCUT2D eigenvalue weighted by Gasteiger charge is 2.30. The van der Waals surface area contributed by atoms with Gasteiger partial charge in [-0.1, -0.05) is 11.6 Å². The number of alkyl halides is 3. The molecule has 0 aliphatic carbocycles. The Kier molecular flexibility index (Phi) is 4.21. The van der Waals surface area contributed by atoms with Crippen LogP contribution < -0.4 is 10.5 Å². The molecule has 0 atom stereocenters. The third kappa shape index (κ3) is 3.60. The number of anilines is 2. The second kappa shape index (κ2) is 5.65. The zero-order valence-corrected chi connectivity index (χ0v) is 12.3. The highest BCUT2D eigenvalue weighted by molar-refractivity contribution is 7.92. The van der Waals surface area contributed by atoms with Crippen LogP contribution in [0.3, 0.4) is 0 Å². The van der Waals surface area contributed by atoms with Gasteiger partial charge in [0.25, 0.3) is 10.0 Å². The molecule has 2 rings (SSSR count). The molecular formula is C12H9ClF3N3O2S. The molecule has 0 amide bonds. The van der Waals surface area contributed by atoms with E-state index in [1.807, 2.05) is 0 Å². The van der Waals surface area contributed by atoms with E-state index in [0.29, 0.717) is 0 Å². The maximum atomic E-state index is 12.4. The summed E-state index contributed by atoms with van der Waals surface area (Å²) in [5.74, 6) is -0.274. The highest BCUT2D eigenvalue weighted by atomic mass is 35.5. The summed E-state index contributed by atoms with van der Waals surface area (Å²) in [6.07, 6.45) is -3.33. The van der Waals surface area contributed by atoms with Crippen LogP contribution in [0.5, 0.6) is 0 Å². The van der Waals surface area contributed by atoms with E-state index >= 15 is 0 Å². The third-order valence-electron chi connectivity index (χ3n) is 2.60. The lowest BCUT2D eigenvalue weighted by Gasteiger charge is -2.11. The summed E-state index contributed by atoms with van der Waals surface area (Å²) in [6.45, 7) is 0. The van der Waals surface area contributed by atoms with Crippen LogP contribution in [0.4, 0.5) is 24.7 Å². The molecule has 0 spiro atoms. The van der Waals surface area contributed by atoms with Crippen molar-refractivity contribution < 1.29 is 21.6 Å². The number of pyridine rings is 1. The molecule has 0 aliphatic heterocycles. The van der Waals surface area contributed by atoms with E-state index in [-0.39, 0.29) is 21.4 Å². The largest absolute Gasteiger partial charge is 0.416 e. The summed E-state index contributed by atoms with van der Waals surface area (Å²) in [4.78, 5) is 3.25. The normalized spacial score (nSPS) is 12.2. The van der Waals surface area contributed by atoms with Crippen molar-refractivity contribution >= 4 is 33.1 Å². The first-order chi connectivity index (χ1) is 10.1. The number of rotatable bonds is 3. The monoisotopic (exact) mass is 351 g/mol. The van der Waals surface area contributed by atoms with Crippen molar-refractivity contribution in [2.75, 3.05) is 10.5 Å². The smallest absolute Gasteiger partial charge is 0.383 e. The van der Waals surface area contributed by atoms with E-state index in [4.69, 9.17) is 17.3 Å². The Morgan fingerprint density at radius 2 is 1.77 bits per heavy atom. The molecule has 10 heteroatoms. The molecule has 0 saturated carbocycles. The minimum absolute atomic E-state index is 0.0487. The molecule has 0 radical (unpaired) electrons. The number of nitrogens with two attached hydrogens (primary N) is 1. The van der Waals surface area contributed by atoms with Gasteiger partial charge in [-0.25, -0.2) is 13.4 Å². The lowest BCUT2D eigenvalue weighted by Crippen LogP contribution is -2.15. The average Bonchev–Trinajstić information content (AvgIpc) is 2.40. The first-order valence-corrected chi connectivity index (χ1v) is 7.57. The standard InChI is InChI=1S/C12H9ClF3N3O2S/c13-8-5-10(11(17)18-6-8)22(20,21)19-9-3-1-7(2-4-9)12(14,15)16/h1-6,19H,(H2,17,18). The van der Waals surface area contributed by atoms with Gasteiger partial charge >= 0.3 is 6.18 Å². The van der Waals surface area contributed by atoms with Gasteiger partial charge in [-0.15, -0.1) is 0 Å². The second-order valence-electron chi connectivity index (χ2n) is 4.22. The van der Waals surface area contributed by atoms with Crippen molar-refractivity contribution in [2.24, 2.45) is 0 Å². The predicted octanol–water partition coefficient (Wildman–Crippen LogP) is 3.14. The van der Waals surface area contributed by atoms with Crippen molar-refractivity contribution in [1.29, 1.82) is 0 Å². The Hall–Kier alpha value is -2.00. The predicted molar refractivity (Wildman–Crippen MR) is 75.9 cm³/mol. The molecule has 2 aromatic rings. The first kappa shape index (κ1) is 16.4. The quantitative estimate of drug-likeness (QED) is 0.889. The van der Waals surface area contributed by atoms with Crippen LogP contribution in [-0.2, 0) is 16.2 Å². The summed E-state index contributed by atoms with van der Waals surface area (Å²) in [5, 5.41) is 0.0574. The molecule has 0 fully saturated rings. The summed E-state index contributed by atoms with van der Waals surface area (Å²) in [6, 6.07) is 4.61. The molecule has 0 bridgehead atoms. The molecular weight excluding hydrogens is 343 g/mol. The van der Waals surface area contributed by atoms with Gasteiger partial charge in [-0.3, -0.25) is 4.72 Å². The Labute approximate surface area is 129 Å². The molecule has 0 aliphatic rings. The fourth-order valence-corrected chi connectivity index (χ4v) is 2.97. The van der Waals surface area contributed by atoms with E-state index in [1.165, 1.54) is 6.20 Å². The van der Waals surface area contributed by atoms with E-state index in [9.17, 15) is 21.6 Å². The van der Waals surface area contributed by atoms with E-state index in [0.717, 1.165) is 30.3 Å². The number of halogens is 4. The molecule has 118 valence electrons. The number of nitrogen functional groups attached to an aromatic ring is 1. The highest BCUT2D eigenvalue weighted by Crippen LogP contribution is 2.30. The van der Waals surface area contributed by atoms with Crippen LogP contribution in [0, 0.1) is 0 Å². The number of aromatic nitrogens is 1. The summed E-state index contributed by atoms with van der Waals surface area (Å²) >= 11 is 5.66. The summed E-state index contributed by atoms with van der Waals surface area (Å²) in [5.41, 5.74) is 4.53. The Morgan fingerprint density at radius 3 is 2.32 bits per heavy atom. The number of sulfonamides is 1. The zero-order valence-electron chi connectivity index (χ0n) is 10.7. The Balaban J connectivity index is 2.31. The van der Waals surface area contributed by atoms with Crippen LogP contribution in [-0.4, -0.2) is 13.4 Å². The molecule has 1 heterocycles. The first-order valence-electron chi connectivity index (χ1n) is 5.71. The van der Waals surface area contributed by atoms with Crippen LogP contribution in [0.2, 0.25) is 5.02 Å². The second-order valence-corrected chi connectivity index (χ2v) is 6.30. The van der Waals surface area contributed by atoms with Crippen molar-refractivity contribution in [3.8, 4) is 0 Å². The summed E-state index contributed by atoms with van der Waals surface area (Å²) < 4.78 is 63.7. The minimum atomic E-state index is -4.50. The minimum Gasteiger partial charge on any atom is -0.383 e. The zero-order chi connectivity index (χ0) is 16.5. The Morgan fingerprint density at radius 1 is 1.18 bits per heavy atom. The van der Waals surface area contributed by atoms with Crippen molar-refractivity contribution in [2.45, 2.75) is 11.1 Å². The fraction of sp³-hybridized carbons (Fsp3) is 0.0833. The van der Waals surface area contributed by atoms with Gasteiger partial charge in [0.1, 0.15) is 10.7 Å². The maximum absolute atomic E-state index is 12.4. The van der Waals surface area contributed by atoms with E-state index in [1.54, 1.807) is 0 Å². The van der Waals surface area contributed by atoms with Gasteiger partial charge in [-0.05, 0) is 30.3 Å². The van der Waals surface area contributed by atoms with E-state index in [2.05, 4.69) is 9.71 Å². The van der Waals surface area contributed by atoms with Crippen LogP contribution in [0.15, 0.2) is 41.4 Å². The van der Waals surface area contributed by atoms with Crippen LogP contribution in [0.1, 0.15) is 5.56 Å². The number of nitrogens with one attached hydrogen (secondary N) is 1. The lowest BCUT2D eigenvalue weighted by molar-refractivity contribution is -0.137. The SMILES string of the molecule is Nc1ncc(Cl)cc1S(=O)(=O)Nc1ccc(C(F)(F)F)cc1. The number of hydrogen-bond acceptors (Lipinski definition) is 4. The molecule has 0 saturated heterocycles. The molecule has 1 aromatic heterocycles. The number of nitrogens with zero attached hydrogens (tertiary/aromatic N) is 1. The maximum Gasteiger partial charge on any atom is 0.416 e. The van der Waals surface area contributed by atoms with Gasteiger partial charge in [-0.2, -0.15) is 13.2 Å². The number of hydrogen-bond donors (Lipinski definition) is 2. The van der Waals surface area contributed by atoms with Gasteiger partial charge in [0.05, 0.1) is 10.6 Å². The molecule has 5 nitrogen and oxygen atoms in total. The molecule has 1 aromatic carbocycles. The molecule has 22 heavy (non-hydrogen) atoms. The van der Waals surface area contributed by atoms with E-state index < -0.39 is 21.8 Å². The third-order valence-corrected chi connectivity index (χ3v) is 4.22. The fourth-order valence-electron chi connectivity index (χ4n) is 1.58. The molecule has 0 unspecified atom stereocenters. The van der Waals surface area contributed by atoms with Crippen molar-refractivity contribution in [3.05, 3.63) is 47.1 Å². The molecule has 3 N–H and O–H groups in total. The van der Waals surface area contributed by atoms with Gasteiger partial charge < -0.3 is 5.73 Å².